The maximum absolute atomic E-state index is 13.5. The number of aromatic nitrogens is 3. The average Bonchev–Trinajstić information content (AvgIpc) is 3.48. The van der Waals surface area contributed by atoms with Gasteiger partial charge in [0, 0.05) is 30.8 Å². The van der Waals surface area contributed by atoms with Crippen LogP contribution < -0.4 is 5.73 Å². The van der Waals surface area contributed by atoms with Crippen molar-refractivity contribution in [3.05, 3.63) is 54.0 Å². The molecule has 2 N–H and O–H groups in total. The van der Waals surface area contributed by atoms with E-state index in [0.717, 1.165) is 42.0 Å². The number of carbonyl (C=O) groups is 1. The highest BCUT2D eigenvalue weighted by molar-refractivity contribution is 6.38. The first-order valence-electron chi connectivity index (χ1n) is 10.1. The van der Waals surface area contributed by atoms with Crippen molar-refractivity contribution in [2.24, 2.45) is 10.8 Å². The standard InChI is InChI=1S/C21H20FN7O/c1-27-16-7-3-12(10-28(16)21(26-27)19(23)30)18-17(15-6-4-13(22)9-24-15)25-20-11-2-5-14(8-11)29(18)20/h3-4,6-7,9-11,14,16H,2,5,8H2,1H3,(H2,23,30)/t11-,14+,16?/m0/s1. The molecule has 1 amide bonds. The molecule has 0 saturated heterocycles. The van der Waals surface area contributed by atoms with Gasteiger partial charge in [-0.05, 0) is 37.5 Å². The van der Waals surface area contributed by atoms with Crippen molar-refractivity contribution < 1.29 is 9.18 Å². The van der Waals surface area contributed by atoms with E-state index >= 15 is 0 Å². The summed E-state index contributed by atoms with van der Waals surface area (Å²) in [6.07, 6.45) is 10.3. The number of rotatable bonds is 3. The fraction of sp³-hybridized carbons (Fsp3) is 0.333. The minimum atomic E-state index is -0.576. The lowest BCUT2D eigenvalue weighted by atomic mass is 10.0. The van der Waals surface area contributed by atoms with Gasteiger partial charge < -0.3 is 15.2 Å². The van der Waals surface area contributed by atoms with Crippen LogP contribution in [0.25, 0.3) is 17.0 Å². The van der Waals surface area contributed by atoms with Crippen molar-refractivity contribution in [1.29, 1.82) is 0 Å². The third-order valence-electron chi connectivity index (χ3n) is 6.43. The van der Waals surface area contributed by atoms with Crippen molar-refractivity contribution in [2.45, 2.75) is 37.4 Å². The molecule has 0 aromatic carbocycles. The van der Waals surface area contributed by atoms with Gasteiger partial charge in [-0.3, -0.25) is 14.8 Å². The van der Waals surface area contributed by atoms with Crippen LogP contribution in [0.4, 0.5) is 4.39 Å². The van der Waals surface area contributed by atoms with Gasteiger partial charge in [0.05, 0.1) is 17.6 Å². The van der Waals surface area contributed by atoms with E-state index in [1.54, 1.807) is 23.0 Å². The number of hydrogen-bond donors (Lipinski definition) is 1. The van der Waals surface area contributed by atoms with Gasteiger partial charge in [-0.15, -0.1) is 0 Å². The molecule has 2 bridgehead atoms. The molecule has 8 nitrogen and oxygen atoms in total. The maximum atomic E-state index is 13.5. The van der Waals surface area contributed by atoms with E-state index in [4.69, 9.17) is 10.7 Å². The Morgan fingerprint density at radius 3 is 2.93 bits per heavy atom. The Morgan fingerprint density at radius 1 is 1.30 bits per heavy atom. The number of likely N-dealkylation sites (N-methyl/N-ethyl adjacent to an activating group) is 1. The van der Waals surface area contributed by atoms with Gasteiger partial charge in [-0.2, -0.15) is 5.10 Å². The van der Waals surface area contributed by atoms with E-state index in [0.29, 0.717) is 17.7 Å². The van der Waals surface area contributed by atoms with E-state index < -0.39 is 5.91 Å². The number of hydrazone groups is 1. The van der Waals surface area contributed by atoms with Crippen molar-refractivity contribution in [3.8, 4) is 11.4 Å². The number of hydrogen-bond acceptors (Lipinski definition) is 6. The first-order chi connectivity index (χ1) is 14.5. The Morgan fingerprint density at radius 2 is 2.17 bits per heavy atom. The Hall–Kier alpha value is -3.49. The normalized spacial score (nSPS) is 26.0. The van der Waals surface area contributed by atoms with Crippen LogP contribution in [-0.4, -0.2) is 49.4 Å². The lowest BCUT2D eigenvalue weighted by Crippen LogP contribution is -2.41. The Balaban J connectivity index is 1.52. The van der Waals surface area contributed by atoms with Crippen LogP contribution in [0.1, 0.15) is 42.7 Å². The van der Waals surface area contributed by atoms with Gasteiger partial charge in [-0.25, -0.2) is 9.37 Å². The van der Waals surface area contributed by atoms with Crippen molar-refractivity contribution in [1.82, 2.24) is 24.4 Å². The summed E-state index contributed by atoms with van der Waals surface area (Å²) in [5, 5.41) is 5.98. The zero-order chi connectivity index (χ0) is 20.6. The van der Waals surface area contributed by atoms with Crippen LogP contribution >= 0.6 is 0 Å². The predicted molar refractivity (Wildman–Crippen MR) is 108 cm³/mol. The number of imidazole rings is 1. The van der Waals surface area contributed by atoms with E-state index in [2.05, 4.69) is 14.7 Å². The van der Waals surface area contributed by atoms with Gasteiger partial charge in [-0.1, -0.05) is 6.08 Å². The van der Waals surface area contributed by atoms with Gasteiger partial charge in [0.1, 0.15) is 23.5 Å². The smallest absolute Gasteiger partial charge is 0.286 e. The summed E-state index contributed by atoms with van der Waals surface area (Å²) < 4.78 is 15.8. The summed E-state index contributed by atoms with van der Waals surface area (Å²) in [5.74, 6) is 0.765. The van der Waals surface area contributed by atoms with Gasteiger partial charge in [0.25, 0.3) is 5.91 Å². The number of carbonyl (C=O) groups excluding carboxylic acids is 1. The highest BCUT2D eigenvalue weighted by Crippen LogP contribution is 2.51. The van der Waals surface area contributed by atoms with E-state index in [-0.39, 0.29) is 17.8 Å². The number of amidine groups is 1. The molecule has 0 spiro atoms. The summed E-state index contributed by atoms with van der Waals surface area (Å²) in [7, 11) is 1.81. The van der Waals surface area contributed by atoms with Crippen molar-refractivity contribution in [2.75, 3.05) is 7.05 Å². The van der Waals surface area contributed by atoms with Gasteiger partial charge in [0.15, 0.2) is 0 Å². The number of amides is 1. The Labute approximate surface area is 172 Å². The highest BCUT2D eigenvalue weighted by Gasteiger charge is 2.42. The van der Waals surface area contributed by atoms with Crippen LogP contribution in [0, 0.1) is 5.82 Å². The molecule has 30 heavy (non-hydrogen) atoms. The molecule has 9 heteroatoms. The first kappa shape index (κ1) is 17.4. The number of nitrogens with zero attached hydrogens (tertiary/aromatic N) is 6. The summed E-state index contributed by atoms with van der Waals surface area (Å²) in [6, 6.07) is 3.47. The van der Waals surface area contributed by atoms with Crippen LogP contribution in [0.5, 0.6) is 0 Å². The van der Waals surface area contributed by atoms with E-state index in [9.17, 15) is 9.18 Å². The zero-order valence-electron chi connectivity index (χ0n) is 16.4. The summed E-state index contributed by atoms with van der Waals surface area (Å²) in [6.45, 7) is 0. The zero-order valence-corrected chi connectivity index (χ0v) is 16.4. The van der Waals surface area contributed by atoms with E-state index in [1.807, 2.05) is 18.4 Å². The lowest BCUT2D eigenvalue weighted by Gasteiger charge is -2.28. The molecule has 1 fully saturated rings. The second-order valence-electron chi connectivity index (χ2n) is 8.19. The molecular weight excluding hydrogens is 385 g/mol. The Kier molecular flexibility index (Phi) is 3.48. The van der Waals surface area contributed by atoms with Crippen LogP contribution in [0.15, 0.2) is 41.8 Å². The minimum Gasteiger partial charge on any atom is -0.363 e. The molecular formula is C21H20FN7O. The molecule has 1 aliphatic carbocycles. The molecule has 2 aromatic rings. The number of nitrogens with two attached hydrogens (primary N) is 1. The summed E-state index contributed by atoms with van der Waals surface area (Å²) in [4.78, 5) is 22.9. The van der Waals surface area contributed by atoms with Gasteiger partial charge in [0.2, 0.25) is 5.84 Å². The first-order valence-corrected chi connectivity index (χ1v) is 10.1. The number of primary amides is 1. The molecule has 4 aliphatic rings. The second-order valence-corrected chi connectivity index (χ2v) is 8.19. The topological polar surface area (TPSA) is 92.6 Å². The average molecular weight is 405 g/mol. The molecule has 3 aliphatic heterocycles. The van der Waals surface area contributed by atoms with E-state index in [1.165, 1.54) is 12.3 Å². The quantitative estimate of drug-likeness (QED) is 0.845. The molecule has 1 saturated carbocycles. The van der Waals surface area contributed by atoms with Gasteiger partial charge >= 0.3 is 0 Å². The molecule has 0 radical (unpaired) electrons. The molecule has 5 heterocycles. The maximum Gasteiger partial charge on any atom is 0.286 e. The second kappa shape index (κ2) is 6.01. The molecule has 6 rings (SSSR count). The number of halogens is 1. The fourth-order valence-electron chi connectivity index (χ4n) is 5.12. The lowest BCUT2D eigenvalue weighted by molar-refractivity contribution is -0.112. The third kappa shape index (κ3) is 2.31. The number of fused-ring (bicyclic) bond motifs is 6. The summed E-state index contributed by atoms with van der Waals surface area (Å²) >= 11 is 0. The van der Waals surface area contributed by atoms with Crippen LogP contribution in [0.2, 0.25) is 0 Å². The summed E-state index contributed by atoms with van der Waals surface area (Å²) in [5.41, 5.74) is 8.77. The third-order valence-corrected chi connectivity index (χ3v) is 6.43. The van der Waals surface area contributed by atoms with Crippen LogP contribution in [0.3, 0.4) is 0 Å². The monoisotopic (exact) mass is 405 g/mol. The predicted octanol–water partition coefficient (Wildman–Crippen LogP) is 2.19. The Bertz CT molecular complexity index is 1160. The largest absolute Gasteiger partial charge is 0.363 e. The highest BCUT2D eigenvalue weighted by atomic mass is 19.1. The van der Waals surface area contributed by atoms with Crippen LogP contribution in [-0.2, 0) is 4.79 Å². The number of allylic oxidation sites excluding steroid dienone is 2. The fourth-order valence-corrected chi connectivity index (χ4v) is 5.12. The minimum absolute atomic E-state index is 0.193. The molecule has 3 atom stereocenters. The SMILES string of the molecule is CN1N=C(C(N)=O)N2C=C(c3c(-c4ccc(F)cn4)nc4n3[C@@H]3CC[C@H]4C3)C=CC12. The van der Waals surface area contributed by atoms with Crippen molar-refractivity contribution in [3.63, 3.8) is 0 Å². The molecule has 1 unspecified atom stereocenters. The number of pyridine rings is 1. The van der Waals surface area contributed by atoms with Crippen molar-refractivity contribution >= 4 is 17.3 Å². The molecule has 2 aromatic heterocycles. The molecule has 152 valence electrons.